The fourth-order valence-electron chi connectivity index (χ4n) is 3.00. The van der Waals surface area contributed by atoms with Gasteiger partial charge in [-0.3, -0.25) is 4.79 Å². The Balaban J connectivity index is 1.90. The Labute approximate surface area is 146 Å². The van der Waals surface area contributed by atoms with Gasteiger partial charge in [-0.25, -0.2) is 9.69 Å². The van der Waals surface area contributed by atoms with Crippen LogP contribution < -0.4 is 10.2 Å². The highest BCUT2D eigenvalue weighted by Crippen LogP contribution is 2.24. The van der Waals surface area contributed by atoms with Crippen molar-refractivity contribution in [3.63, 3.8) is 0 Å². The minimum atomic E-state index is -0.435. The molecule has 0 bridgehead atoms. The third kappa shape index (κ3) is 3.21. The van der Waals surface area contributed by atoms with Crippen molar-refractivity contribution in [3.8, 4) is 0 Å². The predicted octanol–water partition coefficient (Wildman–Crippen LogP) is 2.85. The molecule has 3 amide bonds. The summed E-state index contributed by atoms with van der Waals surface area (Å²) in [4.78, 5) is 26.0. The zero-order valence-corrected chi connectivity index (χ0v) is 14.6. The van der Waals surface area contributed by atoms with Crippen LogP contribution in [-0.2, 0) is 16.1 Å². The molecular formula is C19H21N3O3. The van der Waals surface area contributed by atoms with Crippen molar-refractivity contribution in [1.82, 2.24) is 9.88 Å². The van der Waals surface area contributed by atoms with Gasteiger partial charge in [0.2, 0.25) is 0 Å². The van der Waals surface area contributed by atoms with E-state index in [2.05, 4.69) is 9.88 Å². The zero-order valence-electron chi connectivity index (χ0n) is 14.6. The number of aryl methyl sites for hydroxylation is 1. The van der Waals surface area contributed by atoms with Crippen LogP contribution in [0.5, 0.6) is 0 Å². The molecule has 1 aliphatic rings. The van der Waals surface area contributed by atoms with Gasteiger partial charge in [0, 0.05) is 25.0 Å². The molecule has 0 atom stereocenters. The molecule has 1 aromatic carbocycles. The van der Waals surface area contributed by atoms with E-state index in [1.165, 1.54) is 0 Å². The molecule has 0 aliphatic carbocycles. The minimum absolute atomic E-state index is 0.279. The molecule has 1 saturated heterocycles. The molecule has 6 heteroatoms. The summed E-state index contributed by atoms with van der Waals surface area (Å²) in [5.41, 5.74) is 3.85. The molecule has 6 nitrogen and oxygen atoms in total. The van der Waals surface area contributed by atoms with Gasteiger partial charge in [0.15, 0.2) is 0 Å². The lowest BCUT2D eigenvalue weighted by atomic mass is 10.2. The highest BCUT2D eigenvalue weighted by Gasteiger charge is 2.34. The minimum Gasteiger partial charge on any atom is -0.383 e. The van der Waals surface area contributed by atoms with Crippen LogP contribution in [0.15, 0.2) is 42.1 Å². The number of imide groups is 1. The van der Waals surface area contributed by atoms with E-state index in [4.69, 9.17) is 4.74 Å². The molecule has 1 N–H and O–H groups in total. The molecule has 1 fully saturated rings. The molecule has 25 heavy (non-hydrogen) atoms. The number of amides is 3. The number of para-hydroxylation sites is 1. The summed E-state index contributed by atoms with van der Waals surface area (Å²) in [5.74, 6) is -0.349. The number of carbonyl (C=O) groups is 2. The molecule has 130 valence electrons. The molecule has 1 aliphatic heterocycles. The maximum Gasteiger partial charge on any atom is 0.333 e. The second-order valence-corrected chi connectivity index (χ2v) is 5.94. The maximum atomic E-state index is 12.6. The van der Waals surface area contributed by atoms with Crippen LogP contribution in [0.3, 0.4) is 0 Å². The summed E-state index contributed by atoms with van der Waals surface area (Å²) in [6, 6.07) is 10.5. The number of methoxy groups -OCH3 is 1. The Kier molecular flexibility index (Phi) is 4.72. The molecule has 2 heterocycles. The highest BCUT2D eigenvalue weighted by atomic mass is 16.5. The molecular weight excluding hydrogens is 318 g/mol. The summed E-state index contributed by atoms with van der Waals surface area (Å²) in [7, 11) is 1.67. The fourth-order valence-corrected chi connectivity index (χ4v) is 3.00. The van der Waals surface area contributed by atoms with E-state index in [0.29, 0.717) is 12.3 Å². The second-order valence-electron chi connectivity index (χ2n) is 5.94. The summed E-state index contributed by atoms with van der Waals surface area (Å²) >= 11 is 0. The lowest BCUT2D eigenvalue weighted by Gasteiger charge is -2.10. The van der Waals surface area contributed by atoms with Crippen molar-refractivity contribution in [3.05, 3.63) is 59.0 Å². The normalized spacial score (nSPS) is 16.0. The van der Waals surface area contributed by atoms with Crippen LogP contribution >= 0.6 is 0 Å². The smallest absolute Gasteiger partial charge is 0.333 e. The largest absolute Gasteiger partial charge is 0.383 e. The maximum absolute atomic E-state index is 12.6. The van der Waals surface area contributed by atoms with Crippen LogP contribution in [0.2, 0.25) is 0 Å². The van der Waals surface area contributed by atoms with Gasteiger partial charge in [-0.05, 0) is 43.7 Å². The third-order valence-corrected chi connectivity index (χ3v) is 4.32. The number of nitrogens with zero attached hydrogens (tertiary/aromatic N) is 2. The number of benzene rings is 1. The predicted molar refractivity (Wildman–Crippen MR) is 96.2 cm³/mol. The average molecular weight is 339 g/mol. The van der Waals surface area contributed by atoms with Crippen LogP contribution in [-0.4, -0.2) is 30.2 Å². The molecule has 0 unspecified atom stereocenters. The third-order valence-electron chi connectivity index (χ3n) is 4.32. The molecule has 0 spiro atoms. The lowest BCUT2D eigenvalue weighted by molar-refractivity contribution is -0.113. The Morgan fingerprint density at radius 2 is 1.88 bits per heavy atom. The number of urea groups is 1. The van der Waals surface area contributed by atoms with E-state index in [1.807, 2.05) is 26.0 Å². The van der Waals surface area contributed by atoms with Gasteiger partial charge in [0.25, 0.3) is 5.91 Å². The molecule has 0 radical (unpaired) electrons. The Morgan fingerprint density at radius 1 is 1.16 bits per heavy atom. The fraction of sp³-hybridized carbons (Fsp3) is 0.263. The number of ether oxygens (including phenoxy) is 1. The van der Waals surface area contributed by atoms with Crippen molar-refractivity contribution in [2.45, 2.75) is 20.4 Å². The van der Waals surface area contributed by atoms with Gasteiger partial charge in [-0.15, -0.1) is 0 Å². The van der Waals surface area contributed by atoms with Gasteiger partial charge in [-0.2, -0.15) is 0 Å². The quantitative estimate of drug-likeness (QED) is 0.673. The lowest BCUT2D eigenvalue weighted by Crippen LogP contribution is -2.30. The summed E-state index contributed by atoms with van der Waals surface area (Å²) in [6.45, 7) is 5.36. The number of carbonyl (C=O) groups excluding carboxylic acids is 2. The first-order valence-corrected chi connectivity index (χ1v) is 8.10. The number of hydrogen-bond donors (Lipinski definition) is 1. The van der Waals surface area contributed by atoms with Crippen molar-refractivity contribution in [2.24, 2.45) is 0 Å². The van der Waals surface area contributed by atoms with Crippen molar-refractivity contribution in [2.75, 3.05) is 18.6 Å². The van der Waals surface area contributed by atoms with Crippen molar-refractivity contribution in [1.29, 1.82) is 0 Å². The van der Waals surface area contributed by atoms with Crippen LogP contribution in [0.4, 0.5) is 10.5 Å². The zero-order chi connectivity index (χ0) is 18.0. The van der Waals surface area contributed by atoms with E-state index in [1.54, 1.807) is 37.5 Å². The van der Waals surface area contributed by atoms with Gasteiger partial charge in [0.05, 0.1) is 12.3 Å². The first kappa shape index (κ1) is 17.0. The summed E-state index contributed by atoms with van der Waals surface area (Å²) in [5, 5.41) is 2.66. The average Bonchev–Trinajstić information content (AvgIpc) is 3.03. The Bertz CT molecular complexity index is 837. The summed E-state index contributed by atoms with van der Waals surface area (Å²) < 4.78 is 7.27. The Morgan fingerprint density at radius 3 is 2.56 bits per heavy atom. The van der Waals surface area contributed by atoms with Gasteiger partial charge < -0.3 is 14.6 Å². The molecule has 0 saturated carbocycles. The molecule has 1 aromatic heterocycles. The van der Waals surface area contributed by atoms with Crippen molar-refractivity contribution < 1.29 is 14.3 Å². The van der Waals surface area contributed by atoms with Gasteiger partial charge in [-0.1, -0.05) is 18.2 Å². The van der Waals surface area contributed by atoms with Crippen LogP contribution in [0, 0.1) is 13.8 Å². The van der Waals surface area contributed by atoms with E-state index < -0.39 is 6.03 Å². The second kappa shape index (κ2) is 6.94. The topological polar surface area (TPSA) is 63.6 Å². The SMILES string of the molecule is COCCn1c(C)cc(/C=C2/NC(=O)N(c3ccccc3)C2=O)c1C. The standard InChI is InChI=1S/C19H21N3O3/c1-13-11-15(14(2)21(13)9-10-25-3)12-17-18(23)22(19(24)20-17)16-7-5-4-6-8-16/h4-8,11-12H,9-10H2,1-3H3,(H,20,24)/b17-12+. The Hall–Kier alpha value is -2.86. The van der Waals surface area contributed by atoms with E-state index in [0.717, 1.165) is 28.4 Å². The number of anilines is 1. The van der Waals surface area contributed by atoms with Gasteiger partial charge in [0.1, 0.15) is 5.70 Å². The first-order valence-electron chi connectivity index (χ1n) is 8.10. The first-order chi connectivity index (χ1) is 12.0. The van der Waals surface area contributed by atoms with Crippen LogP contribution in [0.1, 0.15) is 17.0 Å². The molecule has 2 aromatic rings. The van der Waals surface area contributed by atoms with E-state index in [9.17, 15) is 9.59 Å². The van der Waals surface area contributed by atoms with Crippen LogP contribution in [0.25, 0.3) is 6.08 Å². The van der Waals surface area contributed by atoms with Gasteiger partial charge >= 0.3 is 6.03 Å². The highest BCUT2D eigenvalue weighted by molar-refractivity contribution is 6.28. The van der Waals surface area contributed by atoms with Crippen molar-refractivity contribution >= 4 is 23.7 Å². The monoisotopic (exact) mass is 339 g/mol. The number of aromatic nitrogens is 1. The van der Waals surface area contributed by atoms with E-state index >= 15 is 0 Å². The number of nitrogens with one attached hydrogen (secondary N) is 1. The molecule has 3 rings (SSSR count). The number of rotatable bonds is 5. The number of hydrogen-bond acceptors (Lipinski definition) is 3. The van der Waals surface area contributed by atoms with E-state index in [-0.39, 0.29) is 11.6 Å². The summed E-state index contributed by atoms with van der Waals surface area (Å²) in [6.07, 6.45) is 1.73.